The highest BCUT2D eigenvalue weighted by Crippen LogP contribution is 2.30. The van der Waals surface area contributed by atoms with Crippen molar-refractivity contribution in [1.82, 2.24) is 0 Å². The number of carboxylic acid groups (broad SMARTS) is 1. The van der Waals surface area contributed by atoms with E-state index in [1.807, 2.05) is 36.4 Å². The Hall–Kier alpha value is -1.20. The number of nitrogens with zero attached hydrogens (tertiary/aromatic N) is 1. The molecule has 1 aromatic carbocycles. The normalized spacial score (nSPS) is 18.8. The van der Waals surface area contributed by atoms with E-state index in [2.05, 4.69) is 0 Å². The van der Waals surface area contributed by atoms with Crippen molar-refractivity contribution in [3.8, 4) is 0 Å². The second-order valence-electron chi connectivity index (χ2n) is 5.12. The minimum Gasteiger partial charge on any atom is -0.478 e. The number of benzene rings is 1. The van der Waals surface area contributed by atoms with Gasteiger partial charge in [0.2, 0.25) is 0 Å². The molecular formula is C15H21NO3S. The molecule has 0 bridgehead atoms. The number of carbonyl (C=O) groups is 1. The van der Waals surface area contributed by atoms with Crippen LogP contribution in [0.4, 0.5) is 5.69 Å². The van der Waals surface area contributed by atoms with Gasteiger partial charge in [0.1, 0.15) is 0 Å². The van der Waals surface area contributed by atoms with Gasteiger partial charge in [0.05, 0.1) is 17.9 Å². The van der Waals surface area contributed by atoms with Crippen molar-refractivity contribution >= 4 is 23.4 Å². The molecule has 110 valence electrons. The van der Waals surface area contributed by atoms with Crippen molar-refractivity contribution < 1.29 is 14.6 Å². The van der Waals surface area contributed by atoms with Crippen molar-refractivity contribution in [2.24, 2.45) is 5.92 Å². The Morgan fingerprint density at radius 1 is 1.55 bits per heavy atom. The number of anilines is 1. The van der Waals surface area contributed by atoms with E-state index in [1.165, 1.54) is 11.8 Å². The van der Waals surface area contributed by atoms with E-state index in [0.717, 1.165) is 43.2 Å². The summed E-state index contributed by atoms with van der Waals surface area (Å²) >= 11 is 1.47. The minimum atomic E-state index is -0.864. The first-order valence-corrected chi connectivity index (χ1v) is 8.05. The van der Waals surface area contributed by atoms with Crippen LogP contribution >= 0.6 is 11.8 Å². The zero-order chi connectivity index (χ0) is 14.5. The van der Waals surface area contributed by atoms with Gasteiger partial charge in [-0.15, -0.1) is 11.8 Å². The lowest BCUT2D eigenvalue weighted by Crippen LogP contribution is -2.31. The molecule has 1 aliphatic rings. The number of rotatable bonds is 5. The van der Waals surface area contributed by atoms with Crippen LogP contribution in [-0.2, 0) is 4.74 Å². The Labute approximate surface area is 124 Å². The van der Waals surface area contributed by atoms with Crippen LogP contribution < -0.4 is 4.90 Å². The van der Waals surface area contributed by atoms with E-state index in [0.29, 0.717) is 11.5 Å². The molecule has 1 aliphatic heterocycles. The molecule has 1 unspecified atom stereocenters. The SMILES string of the molecule is CSc1cccc(N(C)CC2CCCOC2)c1C(=O)O. The lowest BCUT2D eigenvalue weighted by atomic mass is 10.0. The number of hydrogen-bond acceptors (Lipinski definition) is 4. The van der Waals surface area contributed by atoms with Gasteiger partial charge >= 0.3 is 5.97 Å². The highest BCUT2D eigenvalue weighted by atomic mass is 32.2. The summed E-state index contributed by atoms with van der Waals surface area (Å²) in [5.74, 6) is -0.384. The van der Waals surface area contributed by atoms with Crippen LogP contribution in [0.2, 0.25) is 0 Å². The van der Waals surface area contributed by atoms with Gasteiger partial charge in [-0.1, -0.05) is 6.07 Å². The van der Waals surface area contributed by atoms with Crippen LogP contribution in [0.1, 0.15) is 23.2 Å². The number of carboxylic acids is 1. The highest BCUT2D eigenvalue weighted by molar-refractivity contribution is 7.98. The van der Waals surface area contributed by atoms with Crippen LogP contribution in [0.25, 0.3) is 0 Å². The predicted octanol–water partition coefficient (Wildman–Crippen LogP) is 2.97. The second kappa shape index (κ2) is 6.99. The van der Waals surface area contributed by atoms with Crippen LogP contribution in [0.3, 0.4) is 0 Å². The average Bonchev–Trinajstić information content (AvgIpc) is 2.47. The van der Waals surface area contributed by atoms with Gasteiger partial charge < -0.3 is 14.7 Å². The highest BCUT2D eigenvalue weighted by Gasteiger charge is 2.21. The molecule has 0 aromatic heterocycles. The minimum absolute atomic E-state index is 0.402. The number of ether oxygens (including phenoxy) is 1. The molecule has 1 atom stereocenters. The molecule has 1 N–H and O–H groups in total. The fourth-order valence-electron chi connectivity index (χ4n) is 2.66. The summed E-state index contributed by atoms with van der Waals surface area (Å²) < 4.78 is 5.49. The van der Waals surface area contributed by atoms with Crippen molar-refractivity contribution in [1.29, 1.82) is 0 Å². The molecule has 2 rings (SSSR count). The first-order chi connectivity index (χ1) is 9.63. The monoisotopic (exact) mass is 295 g/mol. The molecule has 20 heavy (non-hydrogen) atoms. The molecule has 1 heterocycles. The zero-order valence-electron chi connectivity index (χ0n) is 12.0. The summed E-state index contributed by atoms with van der Waals surface area (Å²) in [5, 5.41) is 9.47. The van der Waals surface area contributed by atoms with Crippen molar-refractivity contribution in [3.63, 3.8) is 0 Å². The summed E-state index contributed by atoms with van der Waals surface area (Å²) in [7, 11) is 1.96. The van der Waals surface area contributed by atoms with Gasteiger partial charge in [-0.3, -0.25) is 0 Å². The Morgan fingerprint density at radius 2 is 2.35 bits per heavy atom. The first kappa shape index (κ1) is 15.2. The largest absolute Gasteiger partial charge is 0.478 e. The van der Waals surface area contributed by atoms with E-state index in [-0.39, 0.29) is 0 Å². The third-order valence-corrected chi connectivity index (χ3v) is 4.42. The summed E-state index contributed by atoms with van der Waals surface area (Å²) in [5.41, 5.74) is 1.19. The predicted molar refractivity (Wildman–Crippen MR) is 82.0 cm³/mol. The Balaban J connectivity index is 2.19. The summed E-state index contributed by atoms with van der Waals surface area (Å²) in [4.78, 5) is 14.4. The van der Waals surface area contributed by atoms with Crippen LogP contribution in [0.15, 0.2) is 23.1 Å². The summed E-state index contributed by atoms with van der Waals surface area (Å²) in [6.45, 7) is 2.45. The fraction of sp³-hybridized carbons (Fsp3) is 0.533. The average molecular weight is 295 g/mol. The van der Waals surface area contributed by atoms with Gasteiger partial charge in [0.25, 0.3) is 0 Å². The molecule has 5 heteroatoms. The van der Waals surface area contributed by atoms with Crippen molar-refractivity contribution in [3.05, 3.63) is 23.8 Å². The standard InChI is InChI=1S/C15H21NO3S/c1-16(9-11-5-4-8-19-10-11)12-6-3-7-13(20-2)14(12)15(17)18/h3,6-7,11H,4-5,8-10H2,1-2H3,(H,17,18). The topological polar surface area (TPSA) is 49.8 Å². The molecule has 0 amide bonds. The van der Waals surface area contributed by atoms with Crippen molar-refractivity contribution in [2.45, 2.75) is 17.7 Å². The molecule has 1 saturated heterocycles. The van der Waals surface area contributed by atoms with Crippen LogP contribution in [-0.4, -0.2) is 44.1 Å². The maximum Gasteiger partial charge on any atom is 0.338 e. The Morgan fingerprint density at radius 3 is 2.95 bits per heavy atom. The lowest BCUT2D eigenvalue weighted by Gasteiger charge is -2.29. The third-order valence-electron chi connectivity index (χ3n) is 3.64. The second-order valence-corrected chi connectivity index (χ2v) is 5.97. The maximum atomic E-state index is 11.5. The summed E-state index contributed by atoms with van der Waals surface area (Å²) in [6, 6.07) is 5.66. The summed E-state index contributed by atoms with van der Waals surface area (Å²) in [6.07, 6.45) is 4.14. The van der Waals surface area contributed by atoms with Gasteiger partial charge in [-0.25, -0.2) is 4.79 Å². The van der Waals surface area contributed by atoms with Gasteiger partial charge in [0, 0.05) is 25.1 Å². The quantitative estimate of drug-likeness (QED) is 0.846. The molecule has 0 saturated carbocycles. The molecule has 0 radical (unpaired) electrons. The molecule has 1 fully saturated rings. The van der Waals surface area contributed by atoms with E-state index in [4.69, 9.17) is 4.74 Å². The van der Waals surface area contributed by atoms with Crippen molar-refractivity contribution in [2.75, 3.05) is 38.0 Å². The first-order valence-electron chi connectivity index (χ1n) is 6.82. The van der Waals surface area contributed by atoms with Gasteiger partial charge in [0.15, 0.2) is 0 Å². The molecule has 4 nitrogen and oxygen atoms in total. The van der Waals surface area contributed by atoms with Crippen LogP contribution in [0, 0.1) is 5.92 Å². The molecule has 1 aromatic rings. The van der Waals surface area contributed by atoms with E-state index in [9.17, 15) is 9.90 Å². The number of hydrogen-bond donors (Lipinski definition) is 1. The molecular weight excluding hydrogens is 274 g/mol. The fourth-order valence-corrected chi connectivity index (χ4v) is 3.27. The number of thioether (sulfide) groups is 1. The number of aromatic carboxylic acids is 1. The lowest BCUT2D eigenvalue weighted by molar-refractivity contribution is 0.0576. The Kier molecular flexibility index (Phi) is 5.31. The van der Waals surface area contributed by atoms with Crippen LogP contribution in [0.5, 0.6) is 0 Å². The van der Waals surface area contributed by atoms with Gasteiger partial charge in [-0.2, -0.15) is 0 Å². The molecule has 0 aliphatic carbocycles. The molecule has 0 spiro atoms. The zero-order valence-corrected chi connectivity index (χ0v) is 12.8. The maximum absolute atomic E-state index is 11.5. The smallest absolute Gasteiger partial charge is 0.338 e. The van der Waals surface area contributed by atoms with E-state index in [1.54, 1.807) is 0 Å². The Bertz CT molecular complexity index is 472. The van der Waals surface area contributed by atoms with E-state index >= 15 is 0 Å². The third kappa shape index (κ3) is 3.46. The van der Waals surface area contributed by atoms with E-state index < -0.39 is 5.97 Å². The van der Waals surface area contributed by atoms with Gasteiger partial charge in [-0.05, 0) is 37.1 Å².